The maximum absolute atomic E-state index is 12.6. The highest BCUT2D eigenvalue weighted by molar-refractivity contribution is 8.23. The molecule has 11 heteroatoms. The summed E-state index contributed by atoms with van der Waals surface area (Å²) in [5.74, 6) is -0.391. The summed E-state index contributed by atoms with van der Waals surface area (Å²) in [7, 11) is 0. The van der Waals surface area contributed by atoms with Crippen molar-refractivity contribution in [1.29, 1.82) is 0 Å². The van der Waals surface area contributed by atoms with E-state index in [9.17, 15) is 22.8 Å². The van der Waals surface area contributed by atoms with Gasteiger partial charge >= 0.3 is 6.18 Å². The Labute approximate surface area is 150 Å². The highest BCUT2D eigenvalue weighted by Gasteiger charge is 2.37. The second-order valence-electron chi connectivity index (χ2n) is 5.43. The van der Waals surface area contributed by atoms with Crippen molar-refractivity contribution in [2.75, 3.05) is 25.4 Å². The first-order valence-electron chi connectivity index (χ1n) is 7.20. The molecule has 0 unspecified atom stereocenters. The number of halogens is 3. The fourth-order valence-electron chi connectivity index (χ4n) is 2.29. The van der Waals surface area contributed by atoms with Crippen molar-refractivity contribution < 1.29 is 27.5 Å². The number of hydrogen-bond donors (Lipinski definition) is 0. The first kappa shape index (κ1) is 17.9. The van der Waals surface area contributed by atoms with Gasteiger partial charge in [-0.15, -0.1) is 0 Å². The van der Waals surface area contributed by atoms with Crippen LogP contribution in [0.4, 0.5) is 13.2 Å². The van der Waals surface area contributed by atoms with Gasteiger partial charge in [0.1, 0.15) is 22.7 Å². The summed E-state index contributed by atoms with van der Waals surface area (Å²) in [6, 6.07) is 3.40. The number of carbonyl (C=O) groups is 2. The molecule has 3 rings (SSSR count). The lowest BCUT2D eigenvalue weighted by atomic mass is 10.1. The van der Waals surface area contributed by atoms with Crippen LogP contribution >= 0.6 is 24.0 Å². The number of thiocarbonyl (C=S) groups is 1. The van der Waals surface area contributed by atoms with Crippen molar-refractivity contribution in [2.45, 2.75) is 12.3 Å². The van der Waals surface area contributed by atoms with Gasteiger partial charge in [-0.1, -0.05) is 30.0 Å². The van der Waals surface area contributed by atoms with Crippen molar-refractivity contribution in [2.24, 2.45) is 0 Å². The summed E-state index contributed by atoms with van der Waals surface area (Å²) in [6.07, 6.45) is -4.98. The van der Waals surface area contributed by atoms with Crippen molar-refractivity contribution in [3.05, 3.63) is 23.9 Å². The molecule has 2 saturated heterocycles. The normalized spacial score (nSPS) is 18.5. The number of hydrogen-bond acceptors (Lipinski definition) is 6. The third-order valence-corrected chi connectivity index (χ3v) is 5.07. The van der Waals surface area contributed by atoms with Crippen molar-refractivity contribution in [3.63, 3.8) is 0 Å². The minimum absolute atomic E-state index is 0.126. The number of rotatable bonds is 4. The zero-order valence-electron chi connectivity index (χ0n) is 12.7. The first-order chi connectivity index (χ1) is 11.7. The van der Waals surface area contributed by atoms with E-state index in [-0.39, 0.29) is 43.1 Å². The van der Waals surface area contributed by atoms with Crippen LogP contribution in [0.2, 0.25) is 0 Å². The lowest BCUT2D eigenvalue weighted by molar-refractivity contribution is -0.143. The molecule has 25 heavy (non-hydrogen) atoms. The maximum atomic E-state index is 12.6. The zero-order valence-corrected chi connectivity index (χ0v) is 14.3. The second-order valence-corrected chi connectivity index (χ2v) is 7.04. The lowest BCUT2D eigenvalue weighted by Crippen LogP contribution is -2.58. The third kappa shape index (κ3) is 4.03. The Bertz CT molecular complexity index is 707. The number of thioether (sulfide) groups is 1. The Morgan fingerprint density at radius 1 is 1.40 bits per heavy atom. The maximum Gasteiger partial charge on any atom is 0.433 e. The highest BCUT2D eigenvalue weighted by Crippen LogP contribution is 2.29. The van der Waals surface area contributed by atoms with Crippen molar-refractivity contribution in [3.8, 4) is 5.88 Å². The summed E-state index contributed by atoms with van der Waals surface area (Å²) in [5, 5.41) is 0. The SMILES string of the molecule is O=C(CN1C(=O)CSC1=S)N1CC(Oc2cccc(C(F)(F)F)n2)C1. The van der Waals surface area contributed by atoms with E-state index < -0.39 is 18.0 Å². The molecule has 2 aliphatic heterocycles. The molecular weight excluding hydrogens is 379 g/mol. The molecule has 0 spiro atoms. The van der Waals surface area contributed by atoms with Crippen LogP contribution in [0.15, 0.2) is 18.2 Å². The van der Waals surface area contributed by atoms with Gasteiger partial charge in [-0.25, -0.2) is 4.98 Å². The van der Waals surface area contributed by atoms with Gasteiger partial charge in [-0.2, -0.15) is 13.2 Å². The van der Waals surface area contributed by atoms with Crippen LogP contribution in [0.1, 0.15) is 5.69 Å². The van der Waals surface area contributed by atoms with E-state index in [1.165, 1.54) is 33.7 Å². The minimum atomic E-state index is -4.54. The number of carbonyl (C=O) groups excluding carboxylic acids is 2. The van der Waals surface area contributed by atoms with Crippen LogP contribution in [-0.2, 0) is 15.8 Å². The molecule has 2 aliphatic rings. The zero-order chi connectivity index (χ0) is 18.2. The summed E-state index contributed by atoms with van der Waals surface area (Å²) in [5.41, 5.74) is -1.03. The van der Waals surface area contributed by atoms with Gasteiger partial charge in [-0.05, 0) is 6.07 Å². The topological polar surface area (TPSA) is 62.7 Å². The first-order valence-corrected chi connectivity index (χ1v) is 8.59. The van der Waals surface area contributed by atoms with Crippen molar-refractivity contribution >= 4 is 40.1 Å². The van der Waals surface area contributed by atoms with E-state index in [4.69, 9.17) is 17.0 Å². The fourth-order valence-corrected chi connectivity index (χ4v) is 3.36. The average molecular weight is 391 g/mol. The number of pyridine rings is 1. The standard InChI is InChI=1S/C14H12F3N3O3S2/c15-14(16,17)9-2-1-3-10(18-9)23-8-4-19(5-8)11(21)6-20-12(22)7-25-13(20)24/h1-3,8H,4-7H2. The number of likely N-dealkylation sites (tertiary alicyclic amines) is 1. The van der Waals surface area contributed by atoms with Crippen LogP contribution in [-0.4, -0.2) is 62.4 Å². The van der Waals surface area contributed by atoms with Crippen molar-refractivity contribution in [1.82, 2.24) is 14.8 Å². The number of amides is 2. The monoisotopic (exact) mass is 391 g/mol. The molecule has 0 N–H and O–H groups in total. The molecule has 0 aliphatic carbocycles. The molecule has 134 valence electrons. The Morgan fingerprint density at radius 3 is 2.72 bits per heavy atom. The molecule has 1 aromatic heterocycles. The predicted octanol–water partition coefficient (Wildman–Crippen LogP) is 1.55. The molecule has 2 fully saturated rings. The summed E-state index contributed by atoms with van der Waals surface area (Å²) in [6.45, 7) is 0.316. The molecule has 0 atom stereocenters. The molecule has 0 aromatic carbocycles. The minimum Gasteiger partial charge on any atom is -0.471 e. The largest absolute Gasteiger partial charge is 0.471 e. The molecule has 0 saturated carbocycles. The van der Waals surface area contributed by atoms with Crippen LogP contribution in [0.5, 0.6) is 5.88 Å². The smallest absolute Gasteiger partial charge is 0.433 e. The molecule has 1 aromatic rings. The van der Waals surface area contributed by atoms with E-state index in [2.05, 4.69) is 4.98 Å². The van der Waals surface area contributed by atoms with Gasteiger partial charge in [0, 0.05) is 6.07 Å². The molecule has 0 radical (unpaired) electrons. The van der Waals surface area contributed by atoms with Gasteiger partial charge in [-0.3, -0.25) is 14.5 Å². The van der Waals surface area contributed by atoms with E-state index in [1.54, 1.807) is 0 Å². The third-order valence-electron chi connectivity index (χ3n) is 3.64. The van der Waals surface area contributed by atoms with Crippen LogP contribution in [0.3, 0.4) is 0 Å². The Balaban J connectivity index is 1.50. The number of ether oxygens (including phenoxy) is 1. The quantitative estimate of drug-likeness (QED) is 0.726. The highest BCUT2D eigenvalue weighted by atomic mass is 32.2. The Kier molecular flexibility index (Phi) is 4.87. The fraction of sp³-hybridized carbons (Fsp3) is 0.429. The van der Waals surface area contributed by atoms with Gasteiger partial charge in [0.25, 0.3) is 0 Å². The van der Waals surface area contributed by atoms with Crippen LogP contribution in [0, 0.1) is 0 Å². The lowest BCUT2D eigenvalue weighted by Gasteiger charge is -2.39. The molecule has 6 nitrogen and oxygen atoms in total. The van der Waals surface area contributed by atoms with E-state index in [0.29, 0.717) is 4.32 Å². The Morgan fingerprint density at radius 2 is 2.12 bits per heavy atom. The molecule has 2 amide bonds. The van der Waals surface area contributed by atoms with Gasteiger partial charge in [0.2, 0.25) is 17.7 Å². The summed E-state index contributed by atoms with van der Waals surface area (Å²) >= 11 is 6.21. The van der Waals surface area contributed by atoms with Crippen LogP contribution in [0.25, 0.3) is 0 Å². The molecular formula is C14H12F3N3O3S2. The number of aromatic nitrogens is 1. The molecule has 3 heterocycles. The molecule has 0 bridgehead atoms. The van der Waals surface area contributed by atoms with Gasteiger partial charge in [0.15, 0.2) is 0 Å². The predicted molar refractivity (Wildman–Crippen MR) is 87.0 cm³/mol. The van der Waals surface area contributed by atoms with E-state index in [1.807, 2.05) is 0 Å². The summed E-state index contributed by atoms with van der Waals surface area (Å²) < 4.78 is 43.6. The van der Waals surface area contributed by atoms with E-state index >= 15 is 0 Å². The van der Waals surface area contributed by atoms with Crippen LogP contribution < -0.4 is 4.74 Å². The average Bonchev–Trinajstić information content (AvgIpc) is 2.81. The van der Waals surface area contributed by atoms with E-state index in [0.717, 1.165) is 6.07 Å². The summed E-state index contributed by atoms with van der Waals surface area (Å²) in [4.78, 5) is 29.8. The second kappa shape index (κ2) is 6.79. The Hall–Kier alpha value is -1.88. The number of nitrogens with zero attached hydrogens (tertiary/aromatic N) is 3. The van der Waals surface area contributed by atoms with Gasteiger partial charge < -0.3 is 9.64 Å². The number of alkyl halides is 3. The van der Waals surface area contributed by atoms with Gasteiger partial charge in [0.05, 0.1) is 18.8 Å².